The highest BCUT2D eigenvalue weighted by molar-refractivity contribution is 6.43. The zero-order chi connectivity index (χ0) is 10.9. The van der Waals surface area contributed by atoms with Crippen LogP contribution in [0.15, 0.2) is 12.1 Å². The van der Waals surface area contributed by atoms with Crippen LogP contribution in [0.3, 0.4) is 0 Å². The van der Waals surface area contributed by atoms with Crippen LogP contribution >= 0.6 is 23.2 Å². The number of hydrogen-bond donors (Lipinski definition) is 1. The maximum atomic E-state index is 11.8. The Morgan fingerprint density at radius 3 is 2.21 bits per heavy atom. The van der Waals surface area contributed by atoms with E-state index in [4.69, 9.17) is 28.3 Å². The summed E-state index contributed by atoms with van der Waals surface area (Å²) < 4.78 is 38.8. The molecule has 0 amide bonds. The van der Waals surface area contributed by atoms with Crippen molar-refractivity contribution in [2.24, 2.45) is 0 Å². The molecule has 1 N–H and O–H groups in total. The molecule has 78 valence electrons. The van der Waals surface area contributed by atoms with Gasteiger partial charge in [0, 0.05) is 0 Å². The normalized spacial score (nSPS) is 11.5. The Morgan fingerprint density at radius 1 is 1.14 bits per heavy atom. The zero-order valence-electron chi connectivity index (χ0n) is 6.40. The highest BCUT2D eigenvalue weighted by atomic mass is 35.5. The molecule has 0 fully saturated rings. The van der Waals surface area contributed by atoms with Gasteiger partial charge in [-0.05, 0) is 12.1 Å². The molecule has 0 aromatic heterocycles. The Hall–Kier alpha value is -0.810. The Kier molecular flexibility index (Phi) is 3.01. The number of aromatic hydroxyl groups is 1. The average molecular weight is 247 g/mol. The third-order valence-corrected chi connectivity index (χ3v) is 2.11. The van der Waals surface area contributed by atoms with Crippen molar-refractivity contribution in [3.63, 3.8) is 0 Å². The lowest BCUT2D eigenvalue weighted by molar-refractivity contribution is -0.274. The minimum atomic E-state index is -4.84. The van der Waals surface area contributed by atoms with E-state index >= 15 is 0 Å². The maximum absolute atomic E-state index is 11.8. The minimum absolute atomic E-state index is 0.381. The van der Waals surface area contributed by atoms with Gasteiger partial charge in [0.1, 0.15) is 21.5 Å². The second-order valence-corrected chi connectivity index (χ2v) is 3.01. The molecule has 2 nitrogen and oxygen atoms in total. The van der Waals surface area contributed by atoms with E-state index in [9.17, 15) is 13.2 Å². The average Bonchev–Trinajstić information content (AvgIpc) is 2.04. The van der Waals surface area contributed by atoms with Gasteiger partial charge in [0.25, 0.3) is 0 Å². The molecule has 1 aromatic carbocycles. The fraction of sp³-hybridized carbons (Fsp3) is 0.143. The molecule has 0 radical (unpaired) electrons. The van der Waals surface area contributed by atoms with Crippen LogP contribution in [-0.2, 0) is 0 Å². The van der Waals surface area contributed by atoms with Crippen LogP contribution < -0.4 is 4.74 Å². The number of ether oxygens (including phenoxy) is 1. The number of hydrogen-bond acceptors (Lipinski definition) is 2. The maximum Gasteiger partial charge on any atom is 0.573 e. The molecule has 0 atom stereocenters. The van der Waals surface area contributed by atoms with Gasteiger partial charge < -0.3 is 9.84 Å². The van der Waals surface area contributed by atoms with E-state index in [0.717, 1.165) is 12.1 Å². The summed E-state index contributed by atoms with van der Waals surface area (Å²) in [7, 11) is 0. The molecule has 0 heterocycles. The molecule has 0 aliphatic carbocycles. The van der Waals surface area contributed by atoms with Gasteiger partial charge in [-0.25, -0.2) is 0 Å². The van der Waals surface area contributed by atoms with Crippen LogP contribution in [0.4, 0.5) is 13.2 Å². The molecule has 0 bridgehead atoms. The van der Waals surface area contributed by atoms with E-state index in [1.807, 2.05) is 0 Å². The van der Waals surface area contributed by atoms with Crippen LogP contribution in [-0.4, -0.2) is 11.5 Å². The fourth-order valence-electron chi connectivity index (χ4n) is 0.725. The molecule has 0 saturated heterocycles. The van der Waals surface area contributed by atoms with Crippen LogP contribution in [0.1, 0.15) is 0 Å². The first kappa shape index (κ1) is 11.3. The molecule has 0 unspecified atom stereocenters. The first-order valence-electron chi connectivity index (χ1n) is 3.24. The fourth-order valence-corrected chi connectivity index (χ4v) is 1.08. The number of benzene rings is 1. The topological polar surface area (TPSA) is 29.5 Å². The van der Waals surface area contributed by atoms with Gasteiger partial charge in [-0.15, -0.1) is 13.2 Å². The third kappa shape index (κ3) is 2.59. The van der Waals surface area contributed by atoms with E-state index in [1.165, 1.54) is 0 Å². The predicted octanol–water partition coefficient (Wildman–Crippen LogP) is 3.60. The summed E-state index contributed by atoms with van der Waals surface area (Å²) in [5.41, 5.74) is 0. The van der Waals surface area contributed by atoms with Crippen molar-refractivity contribution >= 4 is 23.2 Å². The molecule has 0 saturated carbocycles. The lowest BCUT2D eigenvalue weighted by atomic mass is 10.3. The van der Waals surface area contributed by atoms with E-state index in [0.29, 0.717) is 0 Å². The summed E-state index contributed by atoms with van der Waals surface area (Å²) in [5.74, 6) is -1.06. The Bertz CT molecular complexity index is 352. The van der Waals surface area contributed by atoms with Crippen LogP contribution in [0.2, 0.25) is 10.0 Å². The highest BCUT2D eigenvalue weighted by Gasteiger charge is 2.32. The zero-order valence-corrected chi connectivity index (χ0v) is 7.91. The Morgan fingerprint density at radius 2 is 1.71 bits per heavy atom. The van der Waals surface area contributed by atoms with Gasteiger partial charge in [-0.3, -0.25) is 0 Å². The molecule has 14 heavy (non-hydrogen) atoms. The van der Waals surface area contributed by atoms with E-state index in [1.54, 1.807) is 0 Å². The first-order valence-corrected chi connectivity index (χ1v) is 3.99. The molecule has 1 aromatic rings. The van der Waals surface area contributed by atoms with Gasteiger partial charge in [0.05, 0.1) is 0 Å². The van der Waals surface area contributed by atoms with Crippen molar-refractivity contribution in [3.8, 4) is 11.5 Å². The molecule has 0 spiro atoms. The summed E-state index contributed by atoms with van der Waals surface area (Å²) in [5, 5.41) is 8.11. The van der Waals surface area contributed by atoms with Crippen molar-refractivity contribution in [2.75, 3.05) is 0 Å². The number of halogens is 5. The van der Waals surface area contributed by atoms with E-state index in [-0.39, 0.29) is 5.02 Å². The minimum Gasteiger partial charge on any atom is -0.506 e. The largest absolute Gasteiger partial charge is 0.573 e. The number of rotatable bonds is 1. The van der Waals surface area contributed by atoms with Crippen molar-refractivity contribution in [3.05, 3.63) is 22.2 Å². The van der Waals surface area contributed by atoms with Gasteiger partial charge in [0.15, 0.2) is 0 Å². The number of alkyl halides is 3. The summed E-state index contributed by atoms with van der Waals surface area (Å²) >= 11 is 10.8. The Balaban J connectivity index is 3.06. The lowest BCUT2D eigenvalue weighted by Gasteiger charge is -2.11. The number of phenolic OH excluding ortho intramolecular Hbond substituents is 1. The molecular weight excluding hydrogens is 244 g/mol. The Labute approximate surface area is 86.8 Å². The van der Waals surface area contributed by atoms with Crippen molar-refractivity contribution < 1.29 is 23.0 Å². The van der Waals surface area contributed by atoms with Crippen LogP contribution in [0.5, 0.6) is 11.5 Å². The summed E-state index contributed by atoms with van der Waals surface area (Å²) in [6.07, 6.45) is -4.84. The van der Waals surface area contributed by atoms with Crippen molar-refractivity contribution in [1.82, 2.24) is 0 Å². The summed E-state index contributed by atoms with van der Waals surface area (Å²) in [6, 6.07) is 1.83. The second-order valence-electron chi connectivity index (χ2n) is 2.26. The number of phenols is 1. The quantitative estimate of drug-likeness (QED) is 0.821. The molecule has 7 heteroatoms. The summed E-state index contributed by atoms with van der Waals surface area (Å²) in [6.45, 7) is 0. The SMILES string of the molecule is Oc1ccc(OC(F)(F)F)c(Cl)c1Cl. The predicted molar refractivity (Wildman–Crippen MR) is 44.8 cm³/mol. The molecular formula is C7H3Cl2F3O2. The van der Waals surface area contributed by atoms with E-state index < -0.39 is 22.9 Å². The monoisotopic (exact) mass is 246 g/mol. The van der Waals surface area contributed by atoms with Crippen LogP contribution in [0, 0.1) is 0 Å². The van der Waals surface area contributed by atoms with Crippen LogP contribution in [0.25, 0.3) is 0 Å². The highest BCUT2D eigenvalue weighted by Crippen LogP contribution is 2.39. The van der Waals surface area contributed by atoms with Gasteiger partial charge in [0.2, 0.25) is 0 Å². The second kappa shape index (κ2) is 3.74. The summed E-state index contributed by atoms with van der Waals surface area (Å²) in [4.78, 5) is 0. The van der Waals surface area contributed by atoms with Gasteiger partial charge >= 0.3 is 6.36 Å². The standard InChI is InChI=1S/C7H3Cl2F3O2/c8-5-3(13)1-2-4(6(5)9)14-7(10,11)12/h1-2,13H. The van der Waals surface area contributed by atoms with Gasteiger partial charge in [-0.2, -0.15) is 0 Å². The van der Waals surface area contributed by atoms with Crippen molar-refractivity contribution in [1.29, 1.82) is 0 Å². The molecule has 0 aliphatic heterocycles. The first-order chi connectivity index (χ1) is 6.31. The third-order valence-electron chi connectivity index (χ3n) is 1.25. The lowest BCUT2D eigenvalue weighted by Crippen LogP contribution is -2.17. The smallest absolute Gasteiger partial charge is 0.506 e. The van der Waals surface area contributed by atoms with E-state index in [2.05, 4.69) is 4.74 Å². The molecule has 1 rings (SSSR count). The van der Waals surface area contributed by atoms with Crippen molar-refractivity contribution in [2.45, 2.75) is 6.36 Å². The van der Waals surface area contributed by atoms with Gasteiger partial charge in [-0.1, -0.05) is 23.2 Å². The molecule has 0 aliphatic rings.